The number of nitrogens with zero attached hydrogens (tertiary/aromatic N) is 3. The number of hydrogen-bond donors (Lipinski definition) is 1. The van der Waals surface area contributed by atoms with Crippen molar-refractivity contribution in [2.75, 3.05) is 39.3 Å². The van der Waals surface area contributed by atoms with Crippen LogP contribution in [-0.4, -0.2) is 61.1 Å². The molecule has 1 atom stereocenters. The summed E-state index contributed by atoms with van der Waals surface area (Å²) < 4.78 is 0. The van der Waals surface area contributed by atoms with Gasteiger partial charge in [-0.1, -0.05) is 26.7 Å². The van der Waals surface area contributed by atoms with Crippen LogP contribution in [0.15, 0.2) is 4.99 Å². The maximum absolute atomic E-state index is 4.83. The van der Waals surface area contributed by atoms with Crippen LogP contribution in [0.5, 0.6) is 0 Å². The molecule has 116 valence electrons. The Kier molecular flexibility index (Phi) is 6.14. The molecule has 0 aromatic heterocycles. The Morgan fingerprint density at radius 2 is 1.95 bits per heavy atom. The van der Waals surface area contributed by atoms with Crippen molar-refractivity contribution in [2.24, 2.45) is 10.9 Å². The van der Waals surface area contributed by atoms with Crippen molar-refractivity contribution in [2.45, 2.75) is 52.5 Å². The molecule has 4 nitrogen and oxygen atoms in total. The molecule has 1 heterocycles. The number of nitrogens with one attached hydrogen (secondary N) is 1. The van der Waals surface area contributed by atoms with E-state index in [1.165, 1.54) is 25.7 Å². The quantitative estimate of drug-likeness (QED) is 0.573. The average molecular weight is 280 g/mol. The Morgan fingerprint density at radius 1 is 1.20 bits per heavy atom. The highest BCUT2D eigenvalue weighted by Gasteiger charge is 2.28. The Labute approximate surface area is 124 Å². The van der Waals surface area contributed by atoms with Gasteiger partial charge in [-0.15, -0.1) is 0 Å². The van der Waals surface area contributed by atoms with Crippen molar-refractivity contribution in [1.29, 1.82) is 0 Å². The van der Waals surface area contributed by atoms with Gasteiger partial charge < -0.3 is 10.2 Å². The molecule has 1 saturated carbocycles. The van der Waals surface area contributed by atoms with Gasteiger partial charge in [0.1, 0.15) is 0 Å². The third kappa shape index (κ3) is 4.37. The van der Waals surface area contributed by atoms with Gasteiger partial charge in [0.15, 0.2) is 5.96 Å². The van der Waals surface area contributed by atoms with E-state index < -0.39 is 0 Å². The van der Waals surface area contributed by atoms with Gasteiger partial charge >= 0.3 is 0 Å². The van der Waals surface area contributed by atoms with E-state index in [2.05, 4.69) is 35.9 Å². The summed E-state index contributed by atoms with van der Waals surface area (Å²) in [4.78, 5) is 9.87. The fraction of sp³-hybridized carbons (Fsp3) is 0.938. The predicted molar refractivity (Wildman–Crippen MR) is 86.2 cm³/mol. The number of hydrogen-bond acceptors (Lipinski definition) is 2. The second kappa shape index (κ2) is 7.87. The van der Waals surface area contributed by atoms with Crippen LogP contribution in [0.4, 0.5) is 0 Å². The smallest absolute Gasteiger partial charge is 0.193 e. The lowest BCUT2D eigenvalue weighted by atomic mass is 10.2. The minimum Gasteiger partial charge on any atom is -0.357 e. The van der Waals surface area contributed by atoms with Gasteiger partial charge in [-0.25, -0.2) is 0 Å². The Bertz CT molecular complexity index is 308. The molecule has 4 heteroatoms. The molecular weight excluding hydrogens is 248 g/mol. The van der Waals surface area contributed by atoms with Gasteiger partial charge in [0.25, 0.3) is 0 Å². The Balaban J connectivity index is 1.85. The molecule has 0 radical (unpaired) electrons. The fourth-order valence-electron chi connectivity index (χ4n) is 3.16. The van der Waals surface area contributed by atoms with E-state index in [9.17, 15) is 0 Å². The molecule has 1 aliphatic heterocycles. The van der Waals surface area contributed by atoms with E-state index in [-0.39, 0.29) is 0 Å². The standard InChI is InChI=1S/C16H32N4/c1-4-17-16(18-11-9-14-7-8-14)20-12-10-15(13-20)19(5-2)6-3/h14-15H,4-13H2,1-3H3,(H,17,18). The Hall–Kier alpha value is -0.770. The zero-order chi connectivity index (χ0) is 14.4. The Morgan fingerprint density at radius 3 is 2.55 bits per heavy atom. The van der Waals surface area contributed by atoms with Crippen molar-refractivity contribution in [3.05, 3.63) is 0 Å². The van der Waals surface area contributed by atoms with Crippen LogP contribution < -0.4 is 5.32 Å². The topological polar surface area (TPSA) is 30.9 Å². The van der Waals surface area contributed by atoms with Crippen LogP contribution in [-0.2, 0) is 0 Å². The predicted octanol–water partition coefficient (Wildman–Crippen LogP) is 2.17. The van der Waals surface area contributed by atoms with Gasteiger partial charge in [0.2, 0.25) is 0 Å². The van der Waals surface area contributed by atoms with Crippen LogP contribution in [0.3, 0.4) is 0 Å². The molecule has 0 aromatic rings. The van der Waals surface area contributed by atoms with Gasteiger partial charge in [0, 0.05) is 32.2 Å². The van der Waals surface area contributed by atoms with Crippen molar-refractivity contribution < 1.29 is 0 Å². The summed E-state index contributed by atoms with van der Waals surface area (Å²) in [6.07, 6.45) is 5.41. The lowest BCUT2D eigenvalue weighted by molar-refractivity contribution is 0.223. The minimum absolute atomic E-state index is 0.706. The number of likely N-dealkylation sites (tertiary alicyclic amines) is 1. The first-order valence-electron chi connectivity index (χ1n) is 8.55. The van der Waals surface area contributed by atoms with E-state index in [1.807, 2.05) is 0 Å². The lowest BCUT2D eigenvalue weighted by Crippen LogP contribution is -2.43. The SMILES string of the molecule is CCNC(=NCCC1CC1)N1CCC(N(CC)CC)C1. The summed E-state index contributed by atoms with van der Waals surface area (Å²) in [5.74, 6) is 2.12. The van der Waals surface area contributed by atoms with Crippen molar-refractivity contribution >= 4 is 5.96 Å². The molecule has 1 saturated heterocycles. The summed E-state index contributed by atoms with van der Waals surface area (Å²) in [6.45, 7) is 13.3. The first-order valence-corrected chi connectivity index (χ1v) is 8.55. The molecule has 0 spiro atoms. The lowest BCUT2D eigenvalue weighted by Gasteiger charge is -2.27. The third-order valence-electron chi connectivity index (χ3n) is 4.62. The molecule has 20 heavy (non-hydrogen) atoms. The second-order valence-corrected chi connectivity index (χ2v) is 6.08. The normalized spacial score (nSPS) is 23.7. The molecular formula is C16H32N4. The highest BCUT2D eigenvalue weighted by molar-refractivity contribution is 5.80. The molecule has 0 amide bonds. The summed E-state index contributed by atoms with van der Waals surface area (Å²) in [7, 11) is 0. The third-order valence-corrected chi connectivity index (χ3v) is 4.62. The molecule has 2 rings (SSSR count). The number of guanidine groups is 1. The molecule has 0 bridgehead atoms. The van der Waals surface area contributed by atoms with Gasteiger partial charge in [-0.05, 0) is 38.8 Å². The van der Waals surface area contributed by atoms with Crippen LogP contribution in [0.1, 0.15) is 46.5 Å². The zero-order valence-electron chi connectivity index (χ0n) is 13.6. The molecule has 1 unspecified atom stereocenters. The molecule has 1 N–H and O–H groups in total. The largest absolute Gasteiger partial charge is 0.357 e. The molecule has 2 aliphatic rings. The van der Waals surface area contributed by atoms with Crippen LogP contribution in [0, 0.1) is 5.92 Å². The highest BCUT2D eigenvalue weighted by atomic mass is 15.3. The van der Waals surface area contributed by atoms with Gasteiger partial charge in [-0.3, -0.25) is 9.89 Å². The maximum Gasteiger partial charge on any atom is 0.193 e. The maximum atomic E-state index is 4.83. The summed E-state index contributed by atoms with van der Waals surface area (Å²) in [5, 5.41) is 3.47. The van der Waals surface area contributed by atoms with Crippen LogP contribution >= 0.6 is 0 Å². The van der Waals surface area contributed by atoms with E-state index >= 15 is 0 Å². The number of likely N-dealkylation sites (N-methyl/N-ethyl adjacent to an activating group) is 1. The van der Waals surface area contributed by atoms with E-state index in [0.29, 0.717) is 6.04 Å². The molecule has 2 fully saturated rings. The van der Waals surface area contributed by atoms with Gasteiger partial charge in [-0.2, -0.15) is 0 Å². The summed E-state index contributed by atoms with van der Waals surface area (Å²) >= 11 is 0. The van der Waals surface area contributed by atoms with Crippen LogP contribution in [0.2, 0.25) is 0 Å². The van der Waals surface area contributed by atoms with Gasteiger partial charge in [0.05, 0.1) is 0 Å². The van der Waals surface area contributed by atoms with E-state index in [4.69, 9.17) is 4.99 Å². The monoisotopic (exact) mass is 280 g/mol. The fourth-order valence-corrected chi connectivity index (χ4v) is 3.16. The average Bonchev–Trinajstić information content (AvgIpc) is 3.15. The van der Waals surface area contributed by atoms with E-state index in [1.54, 1.807) is 0 Å². The van der Waals surface area contributed by atoms with Crippen molar-refractivity contribution in [3.63, 3.8) is 0 Å². The number of rotatable bonds is 7. The van der Waals surface area contributed by atoms with Crippen LogP contribution in [0.25, 0.3) is 0 Å². The van der Waals surface area contributed by atoms with E-state index in [0.717, 1.165) is 51.1 Å². The second-order valence-electron chi connectivity index (χ2n) is 6.08. The summed E-state index contributed by atoms with van der Waals surface area (Å²) in [5.41, 5.74) is 0. The summed E-state index contributed by atoms with van der Waals surface area (Å²) in [6, 6.07) is 0.706. The first-order chi connectivity index (χ1) is 9.78. The van der Waals surface area contributed by atoms with Crippen molar-refractivity contribution in [1.82, 2.24) is 15.1 Å². The highest BCUT2D eigenvalue weighted by Crippen LogP contribution is 2.32. The molecule has 0 aromatic carbocycles. The zero-order valence-corrected chi connectivity index (χ0v) is 13.6. The molecule has 1 aliphatic carbocycles. The van der Waals surface area contributed by atoms with Crippen molar-refractivity contribution in [3.8, 4) is 0 Å². The minimum atomic E-state index is 0.706. The first kappa shape index (κ1) is 15.6. The number of aliphatic imine (C=N–C) groups is 1.